The number of aromatic nitrogens is 4. The molecule has 1 aliphatic carbocycles. The number of rotatable bonds is 5. The Balaban J connectivity index is 1.95. The number of carbonyl (C=O) groups is 1. The van der Waals surface area contributed by atoms with Gasteiger partial charge in [0.15, 0.2) is 0 Å². The molecule has 7 nitrogen and oxygen atoms in total. The van der Waals surface area contributed by atoms with Gasteiger partial charge in [-0.2, -0.15) is 10.1 Å². The highest BCUT2D eigenvalue weighted by Gasteiger charge is 2.23. The number of hydrogen-bond donors (Lipinski definition) is 0. The van der Waals surface area contributed by atoms with E-state index in [-0.39, 0.29) is 17.5 Å². The molecule has 3 rings (SSSR count). The third kappa shape index (κ3) is 3.97. The van der Waals surface area contributed by atoms with Crippen molar-refractivity contribution in [1.29, 1.82) is 0 Å². The first kappa shape index (κ1) is 17.4. The van der Waals surface area contributed by atoms with E-state index in [2.05, 4.69) is 15.1 Å². The van der Waals surface area contributed by atoms with Crippen LogP contribution in [0.1, 0.15) is 60.8 Å². The zero-order valence-corrected chi connectivity index (χ0v) is 15.0. The summed E-state index contributed by atoms with van der Waals surface area (Å²) in [6.07, 6.45) is 6.98. The summed E-state index contributed by atoms with van der Waals surface area (Å²) < 4.78 is 12.8. The van der Waals surface area contributed by atoms with Crippen molar-refractivity contribution in [3.8, 4) is 11.8 Å². The Kier molecular flexibility index (Phi) is 5.31. The normalized spacial score (nSPS) is 15.2. The molecule has 0 bridgehead atoms. The molecule has 134 valence electrons. The molecular weight excluding hydrogens is 320 g/mol. The van der Waals surface area contributed by atoms with Crippen LogP contribution in [0.5, 0.6) is 5.88 Å². The molecule has 1 fully saturated rings. The van der Waals surface area contributed by atoms with Crippen LogP contribution in [-0.2, 0) is 4.74 Å². The lowest BCUT2D eigenvalue weighted by Gasteiger charge is -2.23. The smallest absolute Gasteiger partial charge is 0.345 e. The van der Waals surface area contributed by atoms with Crippen LogP contribution < -0.4 is 4.74 Å². The van der Waals surface area contributed by atoms with E-state index < -0.39 is 5.97 Å². The first-order chi connectivity index (χ1) is 12.1. The topological polar surface area (TPSA) is 79.1 Å². The van der Waals surface area contributed by atoms with Gasteiger partial charge in [0, 0.05) is 5.69 Å². The van der Waals surface area contributed by atoms with Crippen molar-refractivity contribution in [2.75, 3.05) is 6.61 Å². The van der Waals surface area contributed by atoms with E-state index in [0.717, 1.165) is 37.1 Å². The van der Waals surface area contributed by atoms with Gasteiger partial charge in [-0.05, 0) is 52.5 Å². The van der Waals surface area contributed by atoms with Gasteiger partial charge in [-0.15, -0.1) is 0 Å². The van der Waals surface area contributed by atoms with E-state index in [4.69, 9.17) is 9.47 Å². The van der Waals surface area contributed by atoms with Crippen LogP contribution >= 0.6 is 0 Å². The minimum atomic E-state index is -0.465. The Labute approximate surface area is 147 Å². The molecule has 0 amide bonds. The average molecular weight is 344 g/mol. The first-order valence-electron chi connectivity index (χ1n) is 8.83. The Morgan fingerprint density at radius 3 is 2.68 bits per heavy atom. The molecule has 0 spiro atoms. The second-order valence-corrected chi connectivity index (χ2v) is 6.33. The SMILES string of the molecule is CCOC(=O)c1cnc(-n2nc(C)cc2C)nc1OC1CCCCC1. The van der Waals surface area contributed by atoms with Gasteiger partial charge < -0.3 is 9.47 Å². The summed E-state index contributed by atoms with van der Waals surface area (Å²) in [5, 5.41) is 4.40. The van der Waals surface area contributed by atoms with Gasteiger partial charge in [-0.3, -0.25) is 0 Å². The minimum absolute atomic E-state index is 0.0742. The second kappa shape index (κ2) is 7.63. The van der Waals surface area contributed by atoms with Crippen LogP contribution in [0.25, 0.3) is 5.95 Å². The number of aryl methyl sites for hydroxylation is 2. The zero-order chi connectivity index (χ0) is 17.8. The number of nitrogens with zero attached hydrogens (tertiary/aromatic N) is 4. The summed E-state index contributed by atoms with van der Waals surface area (Å²) >= 11 is 0. The van der Waals surface area contributed by atoms with Crippen molar-refractivity contribution < 1.29 is 14.3 Å². The lowest BCUT2D eigenvalue weighted by Crippen LogP contribution is -2.23. The minimum Gasteiger partial charge on any atom is -0.474 e. The van der Waals surface area contributed by atoms with Crippen LogP contribution in [0.4, 0.5) is 0 Å². The summed E-state index contributed by atoms with van der Waals surface area (Å²) in [7, 11) is 0. The fraction of sp³-hybridized carbons (Fsp3) is 0.556. The highest BCUT2D eigenvalue weighted by atomic mass is 16.5. The van der Waals surface area contributed by atoms with Crippen molar-refractivity contribution in [2.24, 2.45) is 0 Å². The van der Waals surface area contributed by atoms with E-state index in [9.17, 15) is 4.79 Å². The molecule has 2 heterocycles. The Morgan fingerprint density at radius 2 is 2.04 bits per heavy atom. The highest BCUT2D eigenvalue weighted by molar-refractivity contribution is 5.91. The molecule has 2 aromatic heterocycles. The quantitative estimate of drug-likeness (QED) is 0.775. The number of hydrogen-bond acceptors (Lipinski definition) is 6. The molecule has 0 unspecified atom stereocenters. The largest absolute Gasteiger partial charge is 0.474 e. The van der Waals surface area contributed by atoms with Crippen LogP contribution in [0.15, 0.2) is 12.3 Å². The fourth-order valence-corrected chi connectivity index (χ4v) is 3.07. The zero-order valence-electron chi connectivity index (χ0n) is 15.0. The van der Waals surface area contributed by atoms with E-state index in [1.165, 1.54) is 12.6 Å². The van der Waals surface area contributed by atoms with E-state index in [1.807, 2.05) is 19.9 Å². The van der Waals surface area contributed by atoms with Crippen LogP contribution in [-0.4, -0.2) is 38.4 Å². The standard InChI is InChI=1S/C18H24N4O3/c1-4-24-17(23)15-11-19-18(22-13(3)10-12(2)21-22)20-16(15)25-14-8-6-5-7-9-14/h10-11,14H,4-9H2,1-3H3. The van der Waals surface area contributed by atoms with E-state index in [1.54, 1.807) is 11.6 Å². The summed E-state index contributed by atoms with van der Waals surface area (Å²) in [6.45, 7) is 5.91. The second-order valence-electron chi connectivity index (χ2n) is 6.33. The van der Waals surface area contributed by atoms with Gasteiger partial charge in [-0.25, -0.2) is 14.5 Å². The summed E-state index contributed by atoms with van der Waals surface area (Å²) in [5.41, 5.74) is 2.06. The van der Waals surface area contributed by atoms with Crippen molar-refractivity contribution in [2.45, 2.75) is 59.0 Å². The third-order valence-corrected chi connectivity index (χ3v) is 4.27. The van der Waals surface area contributed by atoms with Gasteiger partial charge in [0.2, 0.25) is 5.88 Å². The van der Waals surface area contributed by atoms with Gasteiger partial charge >= 0.3 is 5.97 Å². The van der Waals surface area contributed by atoms with Gasteiger partial charge in [0.1, 0.15) is 11.7 Å². The molecule has 2 aromatic rings. The van der Waals surface area contributed by atoms with Crippen molar-refractivity contribution in [1.82, 2.24) is 19.7 Å². The van der Waals surface area contributed by atoms with Crippen molar-refractivity contribution in [3.63, 3.8) is 0 Å². The maximum absolute atomic E-state index is 12.2. The average Bonchev–Trinajstić information content (AvgIpc) is 2.94. The third-order valence-electron chi connectivity index (χ3n) is 4.27. The lowest BCUT2D eigenvalue weighted by atomic mass is 9.98. The molecule has 7 heteroatoms. The Hall–Kier alpha value is -2.44. The molecular formula is C18H24N4O3. The maximum atomic E-state index is 12.2. The molecule has 1 aliphatic rings. The fourth-order valence-electron chi connectivity index (χ4n) is 3.07. The summed E-state index contributed by atoms with van der Waals surface area (Å²) in [6, 6.07) is 1.95. The van der Waals surface area contributed by atoms with Crippen LogP contribution in [0.3, 0.4) is 0 Å². The first-order valence-corrected chi connectivity index (χ1v) is 8.83. The maximum Gasteiger partial charge on any atom is 0.345 e. The van der Waals surface area contributed by atoms with Crippen LogP contribution in [0.2, 0.25) is 0 Å². The lowest BCUT2D eigenvalue weighted by molar-refractivity contribution is 0.0514. The predicted octanol–water partition coefficient (Wildman–Crippen LogP) is 3.17. The molecule has 0 radical (unpaired) electrons. The molecule has 0 aliphatic heterocycles. The Bertz CT molecular complexity index is 751. The molecule has 25 heavy (non-hydrogen) atoms. The van der Waals surface area contributed by atoms with E-state index >= 15 is 0 Å². The van der Waals surface area contributed by atoms with Gasteiger partial charge in [0.05, 0.1) is 18.5 Å². The molecule has 1 saturated carbocycles. The Morgan fingerprint density at radius 1 is 1.28 bits per heavy atom. The predicted molar refractivity (Wildman–Crippen MR) is 92.1 cm³/mol. The molecule has 0 atom stereocenters. The summed E-state index contributed by atoms with van der Waals surface area (Å²) in [4.78, 5) is 21.0. The van der Waals surface area contributed by atoms with Gasteiger partial charge in [0.25, 0.3) is 5.95 Å². The monoisotopic (exact) mass is 344 g/mol. The number of carbonyl (C=O) groups excluding carboxylic acids is 1. The molecule has 0 saturated heterocycles. The molecule has 0 aromatic carbocycles. The molecule has 0 N–H and O–H groups in total. The summed E-state index contributed by atoms with van der Waals surface area (Å²) in [5.74, 6) is 0.209. The van der Waals surface area contributed by atoms with Crippen molar-refractivity contribution >= 4 is 5.97 Å². The van der Waals surface area contributed by atoms with Gasteiger partial charge in [-0.1, -0.05) is 6.42 Å². The number of ether oxygens (including phenoxy) is 2. The number of esters is 1. The van der Waals surface area contributed by atoms with Crippen molar-refractivity contribution in [3.05, 3.63) is 29.2 Å². The van der Waals surface area contributed by atoms with Crippen LogP contribution in [0, 0.1) is 13.8 Å². The van der Waals surface area contributed by atoms with E-state index in [0.29, 0.717) is 12.6 Å². The highest BCUT2D eigenvalue weighted by Crippen LogP contribution is 2.25.